The molecule has 1 amide bonds. The van der Waals surface area contributed by atoms with E-state index in [-0.39, 0.29) is 18.7 Å². The van der Waals surface area contributed by atoms with E-state index in [1.165, 1.54) is 5.56 Å². The van der Waals surface area contributed by atoms with Crippen LogP contribution >= 0.6 is 0 Å². The Balaban J connectivity index is 1.44. The summed E-state index contributed by atoms with van der Waals surface area (Å²) in [6.45, 7) is 3.40. The highest BCUT2D eigenvalue weighted by Gasteiger charge is 2.29. The number of fused-ring (bicyclic) bond motifs is 2. The molecule has 0 aliphatic carbocycles. The predicted octanol–water partition coefficient (Wildman–Crippen LogP) is 5.01. The van der Waals surface area contributed by atoms with E-state index in [4.69, 9.17) is 14.2 Å². The topological polar surface area (TPSA) is 48.0 Å². The van der Waals surface area contributed by atoms with Gasteiger partial charge in [0.2, 0.25) is 6.79 Å². The van der Waals surface area contributed by atoms with E-state index >= 15 is 0 Å². The number of rotatable bonds is 7. The van der Waals surface area contributed by atoms with Gasteiger partial charge in [0.05, 0.1) is 18.7 Å². The van der Waals surface area contributed by atoms with Gasteiger partial charge >= 0.3 is 0 Å². The van der Waals surface area contributed by atoms with Crippen LogP contribution in [0.15, 0.2) is 66.7 Å². The second kappa shape index (κ2) is 8.95. The van der Waals surface area contributed by atoms with Crippen molar-refractivity contribution >= 4 is 5.91 Å². The standard InChI is InChI=1S/C27H27NO4/c1-19(13-14-20-7-3-2-4-8-20)28(17-22-10-6-12-24-26(22)32-18-31-24)27(29)23-11-5-9-21-15-16-30-25(21)23/h2-12,19H,13-18H2,1H3. The monoisotopic (exact) mass is 429 g/mol. The second-order valence-corrected chi connectivity index (χ2v) is 8.35. The van der Waals surface area contributed by atoms with Crippen molar-refractivity contribution in [2.24, 2.45) is 0 Å². The fourth-order valence-electron chi connectivity index (χ4n) is 4.44. The van der Waals surface area contributed by atoms with Crippen LogP contribution in [-0.2, 0) is 19.4 Å². The van der Waals surface area contributed by atoms with E-state index in [0.717, 1.165) is 47.6 Å². The number of carbonyl (C=O) groups excluding carboxylic acids is 1. The van der Waals surface area contributed by atoms with Gasteiger partial charge in [-0.05, 0) is 43.0 Å². The molecule has 0 saturated heterocycles. The molecule has 5 rings (SSSR count). The molecule has 1 atom stereocenters. The van der Waals surface area contributed by atoms with Gasteiger partial charge in [0.1, 0.15) is 5.75 Å². The van der Waals surface area contributed by atoms with Crippen LogP contribution in [0.5, 0.6) is 17.2 Å². The Hall–Kier alpha value is -3.47. The van der Waals surface area contributed by atoms with E-state index in [2.05, 4.69) is 31.2 Å². The molecule has 5 heteroatoms. The fourth-order valence-corrected chi connectivity index (χ4v) is 4.44. The lowest BCUT2D eigenvalue weighted by molar-refractivity contribution is 0.0662. The first-order valence-electron chi connectivity index (χ1n) is 11.2. The number of carbonyl (C=O) groups is 1. The summed E-state index contributed by atoms with van der Waals surface area (Å²) in [6, 6.07) is 22.1. The van der Waals surface area contributed by atoms with Gasteiger partial charge in [-0.2, -0.15) is 0 Å². The highest BCUT2D eigenvalue weighted by Crippen LogP contribution is 2.37. The molecule has 0 saturated carbocycles. The Labute approximate surface area is 188 Å². The van der Waals surface area contributed by atoms with Crippen molar-refractivity contribution in [3.8, 4) is 17.2 Å². The number of nitrogens with zero attached hydrogens (tertiary/aromatic N) is 1. The number of para-hydroxylation sites is 2. The SMILES string of the molecule is CC(CCc1ccccc1)N(Cc1cccc2c1OCO2)C(=O)c1cccc2c1OCC2. The number of benzene rings is 3. The smallest absolute Gasteiger partial charge is 0.258 e. The summed E-state index contributed by atoms with van der Waals surface area (Å²) >= 11 is 0. The average molecular weight is 430 g/mol. The minimum atomic E-state index is -0.0131. The van der Waals surface area contributed by atoms with Crippen LogP contribution in [0, 0.1) is 0 Å². The van der Waals surface area contributed by atoms with E-state index in [9.17, 15) is 4.79 Å². The van der Waals surface area contributed by atoms with Crippen molar-refractivity contribution in [3.05, 3.63) is 89.0 Å². The summed E-state index contributed by atoms with van der Waals surface area (Å²) in [5.74, 6) is 2.18. The van der Waals surface area contributed by atoms with Gasteiger partial charge < -0.3 is 19.1 Å². The van der Waals surface area contributed by atoms with Crippen LogP contribution in [0.3, 0.4) is 0 Å². The number of hydrogen-bond donors (Lipinski definition) is 0. The van der Waals surface area contributed by atoms with Crippen LogP contribution < -0.4 is 14.2 Å². The molecule has 0 N–H and O–H groups in total. The zero-order valence-electron chi connectivity index (χ0n) is 18.3. The van der Waals surface area contributed by atoms with Crippen LogP contribution in [0.2, 0.25) is 0 Å². The molecule has 2 aliphatic rings. The third-order valence-electron chi connectivity index (χ3n) is 6.25. The summed E-state index contributed by atoms with van der Waals surface area (Å²) in [7, 11) is 0. The van der Waals surface area contributed by atoms with Crippen LogP contribution in [0.25, 0.3) is 0 Å². The molecule has 3 aromatic carbocycles. The Bertz CT molecular complexity index is 1110. The second-order valence-electron chi connectivity index (χ2n) is 8.35. The molecule has 0 radical (unpaired) electrons. The van der Waals surface area contributed by atoms with Crippen LogP contribution in [0.4, 0.5) is 0 Å². The summed E-state index contributed by atoms with van der Waals surface area (Å²) in [5.41, 5.74) is 3.96. The summed E-state index contributed by atoms with van der Waals surface area (Å²) in [5, 5.41) is 0. The molecule has 5 nitrogen and oxygen atoms in total. The van der Waals surface area contributed by atoms with Gasteiger partial charge in [0, 0.05) is 18.0 Å². The lowest BCUT2D eigenvalue weighted by Crippen LogP contribution is -2.38. The van der Waals surface area contributed by atoms with E-state index in [1.807, 2.05) is 47.4 Å². The van der Waals surface area contributed by atoms with Gasteiger partial charge in [0.15, 0.2) is 11.5 Å². The highest BCUT2D eigenvalue weighted by molar-refractivity contribution is 5.97. The maximum Gasteiger partial charge on any atom is 0.258 e. The maximum atomic E-state index is 13.8. The first kappa shape index (κ1) is 20.4. The van der Waals surface area contributed by atoms with E-state index < -0.39 is 0 Å². The summed E-state index contributed by atoms with van der Waals surface area (Å²) in [4.78, 5) is 15.8. The molecule has 164 valence electrons. The number of ether oxygens (including phenoxy) is 3. The lowest BCUT2D eigenvalue weighted by atomic mass is 10.0. The van der Waals surface area contributed by atoms with Crippen molar-refractivity contribution in [2.45, 2.75) is 38.8 Å². The highest BCUT2D eigenvalue weighted by atomic mass is 16.7. The predicted molar refractivity (Wildman–Crippen MR) is 122 cm³/mol. The van der Waals surface area contributed by atoms with Crippen LogP contribution in [0.1, 0.15) is 40.4 Å². The van der Waals surface area contributed by atoms with Crippen molar-refractivity contribution in [1.82, 2.24) is 4.90 Å². The van der Waals surface area contributed by atoms with E-state index in [0.29, 0.717) is 18.7 Å². The summed E-state index contributed by atoms with van der Waals surface area (Å²) in [6.07, 6.45) is 2.61. The minimum Gasteiger partial charge on any atom is -0.492 e. The normalized spacial score (nSPS) is 14.5. The molecule has 0 bridgehead atoms. The number of hydrogen-bond acceptors (Lipinski definition) is 4. The molecule has 0 spiro atoms. The minimum absolute atomic E-state index is 0.0131. The maximum absolute atomic E-state index is 13.8. The molecule has 3 aromatic rings. The third kappa shape index (κ3) is 4.03. The quantitative estimate of drug-likeness (QED) is 0.530. The molecular formula is C27H27NO4. The molecule has 1 unspecified atom stereocenters. The van der Waals surface area contributed by atoms with Gasteiger partial charge in [-0.1, -0.05) is 54.6 Å². The molecule has 0 fully saturated rings. The van der Waals surface area contributed by atoms with Crippen LogP contribution in [-0.4, -0.2) is 30.2 Å². The van der Waals surface area contributed by atoms with Gasteiger partial charge in [-0.25, -0.2) is 0 Å². The molecular weight excluding hydrogens is 402 g/mol. The van der Waals surface area contributed by atoms with E-state index in [1.54, 1.807) is 0 Å². The van der Waals surface area contributed by atoms with Gasteiger partial charge in [0.25, 0.3) is 5.91 Å². The van der Waals surface area contributed by atoms with Gasteiger partial charge in [-0.3, -0.25) is 4.79 Å². The van der Waals surface area contributed by atoms with Crippen molar-refractivity contribution < 1.29 is 19.0 Å². The largest absolute Gasteiger partial charge is 0.492 e. The van der Waals surface area contributed by atoms with Gasteiger partial charge in [-0.15, -0.1) is 0 Å². The fraction of sp³-hybridized carbons (Fsp3) is 0.296. The molecule has 2 aliphatic heterocycles. The Kier molecular flexibility index (Phi) is 5.71. The first-order chi connectivity index (χ1) is 15.7. The summed E-state index contributed by atoms with van der Waals surface area (Å²) < 4.78 is 17.1. The molecule has 32 heavy (non-hydrogen) atoms. The van der Waals surface area contributed by atoms with Crippen molar-refractivity contribution in [3.63, 3.8) is 0 Å². The lowest BCUT2D eigenvalue weighted by Gasteiger charge is -2.30. The Morgan fingerprint density at radius 1 is 0.938 bits per heavy atom. The Morgan fingerprint density at radius 2 is 1.78 bits per heavy atom. The zero-order chi connectivity index (χ0) is 21.9. The number of amides is 1. The third-order valence-corrected chi connectivity index (χ3v) is 6.25. The molecule has 2 heterocycles. The Morgan fingerprint density at radius 3 is 2.66 bits per heavy atom. The number of aryl methyl sites for hydroxylation is 1. The van der Waals surface area contributed by atoms with Crippen molar-refractivity contribution in [1.29, 1.82) is 0 Å². The first-order valence-corrected chi connectivity index (χ1v) is 11.2. The van der Waals surface area contributed by atoms with Crippen molar-refractivity contribution in [2.75, 3.05) is 13.4 Å². The zero-order valence-corrected chi connectivity index (χ0v) is 18.3. The molecule has 0 aromatic heterocycles. The average Bonchev–Trinajstić information content (AvgIpc) is 3.51.